The molecule has 1 atom stereocenters. The molecule has 7 heteroatoms. The zero-order valence-corrected chi connectivity index (χ0v) is 12.2. The van der Waals surface area contributed by atoms with Gasteiger partial charge in [-0.3, -0.25) is 0 Å². The van der Waals surface area contributed by atoms with Crippen molar-refractivity contribution in [3.63, 3.8) is 0 Å². The smallest absolute Gasteiger partial charge is 0.383 e. The van der Waals surface area contributed by atoms with Crippen molar-refractivity contribution in [1.29, 1.82) is 0 Å². The Hall–Kier alpha value is -1.44. The van der Waals surface area contributed by atoms with Crippen molar-refractivity contribution in [1.82, 2.24) is 10.3 Å². The van der Waals surface area contributed by atoms with E-state index in [-0.39, 0.29) is 5.56 Å². The summed E-state index contributed by atoms with van der Waals surface area (Å²) in [5, 5.41) is 5.42. The maximum atomic E-state index is 13.2. The molecule has 0 radical (unpaired) electrons. The number of methoxy groups -OCH3 is 1. The van der Waals surface area contributed by atoms with E-state index in [1.807, 2.05) is 0 Å². The molecule has 2 rings (SSSR count). The van der Waals surface area contributed by atoms with E-state index in [2.05, 4.69) is 10.3 Å². The Balaban J connectivity index is 2.37. The summed E-state index contributed by atoms with van der Waals surface area (Å²) in [5.74, 6) is 0. The zero-order valence-electron chi connectivity index (χ0n) is 11.4. The summed E-state index contributed by atoms with van der Waals surface area (Å²) in [5.41, 5.74) is -0.467. The molecule has 3 nitrogen and oxygen atoms in total. The summed E-state index contributed by atoms with van der Waals surface area (Å²) in [6, 6.07) is 4.96. The van der Waals surface area contributed by atoms with Crippen molar-refractivity contribution >= 4 is 11.3 Å². The number of thiazole rings is 1. The predicted molar refractivity (Wildman–Crippen MR) is 75.3 cm³/mol. The lowest BCUT2D eigenvalue weighted by Gasteiger charge is -2.21. The Morgan fingerprint density at radius 3 is 2.71 bits per heavy atom. The third-order valence-electron chi connectivity index (χ3n) is 2.93. The number of hydrogen-bond donors (Lipinski definition) is 1. The van der Waals surface area contributed by atoms with Crippen LogP contribution >= 0.6 is 11.3 Å². The number of rotatable bonds is 6. The highest BCUT2D eigenvalue weighted by atomic mass is 32.1. The van der Waals surface area contributed by atoms with Gasteiger partial charge in [-0.25, -0.2) is 4.98 Å². The minimum Gasteiger partial charge on any atom is -0.383 e. The molecule has 114 valence electrons. The topological polar surface area (TPSA) is 34.1 Å². The summed E-state index contributed by atoms with van der Waals surface area (Å²) in [6.07, 6.45) is -2.81. The van der Waals surface area contributed by atoms with Crippen LogP contribution in [0.2, 0.25) is 0 Å². The molecule has 0 aliphatic rings. The predicted octanol–water partition coefficient (Wildman–Crippen LogP) is 3.49. The van der Waals surface area contributed by atoms with Crippen LogP contribution in [0.5, 0.6) is 0 Å². The number of hydrogen-bond acceptors (Lipinski definition) is 4. The third kappa shape index (κ3) is 4.03. The summed E-state index contributed by atoms with van der Waals surface area (Å²) in [7, 11) is 1.55. The van der Waals surface area contributed by atoms with Gasteiger partial charge in [-0.15, -0.1) is 11.3 Å². The number of nitrogens with one attached hydrogen (secondary N) is 1. The number of alkyl halides is 3. The Labute approximate surface area is 124 Å². The standard InChI is InChI=1S/C14H15F3N2OS/c1-20-8-6-18-12(13-19-7-9-21-13)10-4-2-3-5-11(10)14(15,16)17/h2-5,7,9,12,18H,6,8H2,1H3. The van der Waals surface area contributed by atoms with Crippen LogP contribution in [0.4, 0.5) is 13.2 Å². The molecule has 1 unspecified atom stereocenters. The molecule has 0 saturated heterocycles. The van der Waals surface area contributed by atoms with E-state index >= 15 is 0 Å². The van der Waals surface area contributed by atoms with Gasteiger partial charge in [0.1, 0.15) is 5.01 Å². The highest BCUT2D eigenvalue weighted by molar-refractivity contribution is 7.09. The third-order valence-corrected chi connectivity index (χ3v) is 3.77. The number of ether oxygens (including phenoxy) is 1. The second-order valence-corrected chi connectivity index (χ2v) is 5.26. The van der Waals surface area contributed by atoms with Crippen molar-refractivity contribution in [2.24, 2.45) is 0 Å². The van der Waals surface area contributed by atoms with Crippen LogP contribution in [-0.4, -0.2) is 25.2 Å². The van der Waals surface area contributed by atoms with Gasteiger partial charge in [-0.2, -0.15) is 13.2 Å². The van der Waals surface area contributed by atoms with Crippen LogP contribution < -0.4 is 5.32 Å². The molecule has 0 aliphatic heterocycles. The largest absolute Gasteiger partial charge is 0.416 e. The average molecular weight is 316 g/mol. The molecule has 0 aliphatic carbocycles. The van der Waals surface area contributed by atoms with Gasteiger partial charge < -0.3 is 10.1 Å². The monoisotopic (exact) mass is 316 g/mol. The van der Waals surface area contributed by atoms with E-state index in [4.69, 9.17) is 4.74 Å². The first-order chi connectivity index (χ1) is 10.0. The molecule has 0 bridgehead atoms. The summed E-state index contributed by atoms with van der Waals surface area (Å²) in [4.78, 5) is 4.14. The van der Waals surface area contributed by atoms with E-state index < -0.39 is 17.8 Å². The average Bonchev–Trinajstić information content (AvgIpc) is 2.97. The molecule has 0 saturated carbocycles. The molecule has 0 spiro atoms. The normalized spacial score (nSPS) is 13.3. The van der Waals surface area contributed by atoms with Gasteiger partial charge in [0.05, 0.1) is 18.2 Å². The minimum atomic E-state index is -4.39. The van der Waals surface area contributed by atoms with Gasteiger partial charge in [-0.05, 0) is 11.6 Å². The first-order valence-electron chi connectivity index (χ1n) is 6.32. The van der Waals surface area contributed by atoms with Crippen LogP contribution in [0.15, 0.2) is 35.8 Å². The Bertz CT molecular complexity index is 558. The quantitative estimate of drug-likeness (QED) is 0.829. The highest BCUT2D eigenvalue weighted by Gasteiger charge is 2.35. The Morgan fingerprint density at radius 2 is 2.10 bits per heavy atom. The maximum Gasteiger partial charge on any atom is 0.416 e. The van der Waals surface area contributed by atoms with Crippen LogP contribution in [0.1, 0.15) is 22.2 Å². The summed E-state index contributed by atoms with van der Waals surface area (Å²) in [6.45, 7) is 0.850. The van der Waals surface area contributed by atoms with Crippen molar-refractivity contribution in [2.75, 3.05) is 20.3 Å². The van der Waals surface area contributed by atoms with E-state index in [0.717, 1.165) is 6.07 Å². The van der Waals surface area contributed by atoms with E-state index in [1.54, 1.807) is 24.8 Å². The highest BCUT2D eigenvalue weighted by Crippen LogP contribution is 2.36. The van der Waals surface area contributed by atoms with Crippen molar-refractivity contribution in [2.45, 2.75) is 12.2 Å². The number of halogens is 3. The van der Waals surface area contributed by atoms with Crippen LogP contribution in [0.3, 0.4) is 0 Å². The van der Waals surface area contributed by atoms with Crippen molar-refractivity contribution < 1.29 is 17.9 Å². The fourth-order valence-corrected chi connectivity index (χ4v) is 2.75. The number of benzene rings is 1. The van der Waals surface area contributed by atoms with Crippen LogP contribution in [0.25, 0.3) is 0 Å². The number of nitrogens with zero attached hydrogens (tertiary/aromatic N) is 1. The number of aromatic nitrogens is 1. The van der Waals surface area contributed by atoms with Crippen molar-refractivity contribution in [3.8, 4) is 0 Å². The minimum absolute atomic E-state index is 0.177. The van der Waals surface area contributed by atoms with Gasteiger partial charge in [0.25, 0.3) is 0 Å². The maximum absolute atomic E-state index is 13.2. The van der Waals surface area contributed by atoms with E-state index in [9.17, 15) is 13.2 Å². The second kappa shape index (κ2) is 7.02. The molecule has 1 aromatic carbocycles. The fraction of sp³-hybridized carbons (Fsp3) is 0.357. The first-order valence-corrected chi connectivity index (χ1v) is 7.20. The van der Waals surface area contributed by atoms with Crippen molar-refractivity contribution in [3.05, 3.63) is 52.0 Å². The molecule has 21 heavy (non-hydrogen) atoms. The summed E-state index contributed by atoms with van der Waals surface area (Å²) < 4.78 is 44.4. The van der Waals surface area contributed by atoms with E-state index in [1.165, 1.54) is 23.5 Å². The summed E-state index contributed by atoms with van der Waals surface area (Å²) >= 11 is 1.32. The first kappa shape index (κ1) is 15.9. The molecule has 1 heterocycles. The Morgan fingerprint density at radius 1 is 1.33 bits per heavy atom. The van der Waals surface area contributed by atoms with Gasteiger partial charge in [0.15, 0.2) is 0 Å². The fourth-order valence-electron chi connectivity index (χ4n) is 2.02. The SMILES string of the molecule is COCCNC(c1nccs1)c1ccccc1C(F)(F)F. The molecule has 0 fully saturated rings. The molecular formula is C14H15F3N2OS. The Kier molecular flexibility index (Phi) is 5.33. The molecular weight excluding hydrogens is 301 g/mol. The van der Waals surface area contributed by atoms with Gasteiger partial charge in [-0.1, -0.05) is 18.2 Å². The zero-order chi connectivity index (χ0) is 15.3. The molecule has 2 aromatic rings. The van der Waals surface area contributed by atoms with Gasteiger partial charge in [0, 0.05) is 25.2 Å². The van der Waals surface area contributed by atoms with E-state index in [0.29, 0.717) is 18.2 Å². The molecule has 1 aromatic heterocycles. The van der Waals surface area contributed by atoms with Gasteiger partial charge >= 0.3 is 6.18 Å². The molecule has 0 amide bonds. The van der Waals surface area contributed by atoms with Gasteiger partial charge in [0.2, 0.25) is 0 Å². The van der Waals surface area contributed by atoms with Crippen LogP contribution in [-0.2, 0) is 10.9 Å². The second-order valence-electron chi connectivity index (χ2n) is 4.34. The lowest BCUT2D eigenvalue weighted by molar-refractivity contribution is -0.138. The van der Waals surface area contributed by atoms with Crippen LogP contribution in [0, 0.1) is 0 Å². The lowest BCUT2D eigenvalue weighted by atomic mass is 10.00. The molecule has 1 N–H and O–H groups in total. The lowest BCUT2D eigenvalue weighted by Crippen LogP contribution is -2.28.